The molecule has 1 saturated carbocycles. The van der Waals surface area contributed by atoms with Gasteiger partial charge in [0.15, 0.2) is 0 Å². The van der Waals surface area contributed by atoms with Crippen LogP contribution in [0, 0.1) is 5.41 Å². The van der Waals surface area contributed by atoms with Crippen LogP contribution in [0.25, 0.3) is 10.6 Å². The summed E-state index contributed by atoms with van der Waals surface area (Å²) in [6.45, 7) is 0.306. The summed E-state index contributed by atoms with van der Waals surface area (Å²) in [5, 5.41) is 14.8. The monoisotopic (exact) mass is 265 g/mol. The van der Waals surface area contributed by atoms with Crippen LogP contribution in [0.2, 0.25) is 0 Å². The van der Waals surface area contributed by atoms with Crippen molar-refractivity contribution >= 4 is 22.7 Å². The molecule has 90 valence electrons. The molecule has 2 aromatic rings. The fourth-order valence-corrected chi connectivity index (χ4v) is 4.05. The molecule has 0 spiro atoms. The topological polar surface area (TPSA) is 33.1 Å². The van der Waals surface area contributed by atoms with Crippen molar-refractivity contribution in [2.45, 2.75) is 25.7 Å². The molecule has 1 N–H and O–H groups in total. The molecule has 0 aromatic carbocycles. The van der Waals surface area contributed by atoms with Gasteiger partial charge < -0.3 is 5.11 Å². The third-order valence-electron chi connectivity index (χ3n) is 3.60. The van der Waals surface area contributed by atoms with Gasteiger partial charge in [0.1, 0.15) is 0 Å². The van der Waals surface area contributed by atoms with E-state index >= 15 is 0 Å². The molecule has 0 radical (unpaired) electrons. The Kier molecular flexibility index (Phi) is 3.03. The van der Waals surface area contributed by atoms with Gasteiger partial charge in [-0.1, -0.05) is 12.5 Å². The number of aliphatic hydroxyl groups is 1. The largest absolute Gasteiger partial charge is 0.396 e. The quantitative estimate of drug-likeness (QED) is 0.916. The van der Waals surface area contributed by atoms with E-state index in [1.165, 1.54) is 16.3 Å². The van der Waals surface area contributed by atoms with Crippen molar-refractivity contribution in [1.82, 2.24) is 4.98 Å². The minimum Gasteiger partial charge on any atom is -0.396 e. The second kappa shape index (κ2) is 4.52. The van der Waals surface area contributed by atoms with Crippen LogP contribution in [0.3, 0.4) is 0 Å². The summed E-state index contributed by atoms with van der Waals surface area (Å²) in [5.41, 5.74) is 1.23. The molecular weight excluding hydrogens is 250 g/mol. The molecule has 0 amide bonds. The molecule has 0 aliphatic heterocycles. The van der Waals surface area contributed by atoms with Crippen LogP contribution in [-0.2, 0) is 6.42 Å². The van der Waals surface area contributed by atoms with Gasteiger partial charge in [0.25, 0.3) is 0 Å². The van der Waals surface area contributed by atoms with E-state index in [0.29, 0.717) is 6.61 Å². The lowest BCUT2D eigenvalue weighted by Crippen LogP contribution is -2.35. The Morgan fingerprint density at radius 1 is 1.35 bits per heavy atom. The molecule has 17 heavy (non-hydrogen) atoms. The van der Waals surface area contributed by atoms with Gasteiger partial charge in [-0.05, 0) is 29.7 Å². The van der Waals surface area contributed by atoms with E-state index in [-0.39, 0.29) is 5.41 Å². The van der Waals surface area contributed by atoms with Crippen molar-refractivity contribution in [3.8, 4) is 10.6 Å². The first kappa shape index (κ1) is 11.4. The van der Waals surface area contributed by atoms with Gasteiger partial charge >= 0.3 is 0 Å². The Balaban J connectivity index is 1.77. The Labute approximate surface area is 109 Å². The highest BCUT2D eigenvalue weighted by Crippen LogP contribution is 2.44. The molecule has 2 nitrogen and oxygen atoms in total. The normalized spacial score (nSPS) is 17.9. The number of nitrogens with zero attached hydrogens (tertiary/aromatic N) is 1. The molecule has 1 aliphatic rings. The molecule has 0 unspecified atom stereocenters. The van der Waals surface area contributed by atoms with E-state index in [1.807, 2.05) is 0 Å². The van der Waals surface area contributed by atoms with Gasteiger partial charge in [-0.3, -0.25) is 0 Å². The van der Waals surface area contributed by atoms with Crippen LogP contribution in [0.15, 0.2) is 22.9 Å². The molecule has 4 heteroatoms. The van der Waals surface area contributed by atoms with E-state index in [2.05, 4.69) is 27.9 Å². The van der Waals surface area contributed by atoms with E-state index in [9.17, 15) is 5.11 Å². The van der Waals surface area contributed by atoms with E-state index in [0.717, 1.165) is 25.0 Å². The smallest absolute Gasteiger partial charge is 0.0939 e. The average Bonchev–Trinajstić information content (AvgIpc) is 2.94. The number of aliphatic hydroxyl groups excluding tert-OH is 1. The summed E-state index contributed by atoms with van der Waals surface area (Å²) in [6.07, 6.45) is 4.50. The summed E-state index contributed by atoms with van der Waals surface area (Å²) < 4.78 is 0. The van der Waals surface area contributed by atoms with Crippen LogP contribution in [0.1, 0.15) is 24.3 Å². The molecule has 0 atom stereocenters. The number of rotatable bonds is 4. The molecule has 1 fully saturated rings. The SMILES string of the molecule is OCC1(Cc2nc(-c3cccs3)cs2)CCC1. The lowest BCUT2D eigenvalue weighted by Gasteiger charge is -2.39. The molecule has 0 saturated heterocycles. The zero-order valence-corrected chi connectivity index (χ0v) is 11.2. The van der Waals surface area contributed by atoms with Crippen molar-refractivity contribution in [1.29, 1.82) is 0 Å². The van der Waals surface area contributed by atoms with Crippen molar-refractivity contribution < 1.29 is 5.11 Å². The first-order valence-corrected chi connectivity index (χ1v) is 7.66. The van der Waals surface area contributed by atoms with Crippen LogP contribution in [0.5, 0.6) is 0 Å². The van der Waals surface area contributed by atoms with Crippen LogP contribution in [-0.4, -0.2) is 16.7 Å². The highest BCUT2D eigenvalue weighted by Gasteiger charge is 2.37. The molecular formula is C13H15NOS2. The zero-order chi connectivity index (χ0) is 11.7. The highest BCUT2D eigenvalue weighted by atomic mass is 32.1. The maximum atomic E-state index is 9.47. The summed E-state index contributed by atoms with van der Waals surface area (Å²) in [6, 6.07) is 4.16. The molecule has 1 aliphatic carbocycles. The van der Waals surface area contributed by atoms with Gasteiger partial charge in [0.05, 0.1) is 15.6 Å². The van der Waals surface area contributed by atoms with Gasteiger partial charge in [-0.25, -0.2) is 4.98 Å². The maximum Gasteiger partial charge on any atom is 0.0939 e. The van der Waals surface area contributed by atoms with Crippen molar-refractivity contribution in [2.75, 3.05) is 6.61 Å². The lowest BCUT2D eigenvalue weighted by atomic mass is 9.67. The van der Waals surface area contributed by atoms with E-state index in [1.54, 1.807) is 22.7 Å². The maximum absolute atomic E-state index is 9.47. The van der Waals surface area contributed by atoms with Crippen LogP contribution in [0.4, 0.5) is 0 Å². The Morgan fingerprint density at radius 3 is 2.82 bits per heavy atom. The fraction of sp³-hybridized carbons (Fsp3) is 0.462. The van der Waals surface area contributed by atoms with E-state index in [4.69, 9.17) is 0 Å². The number of thiazole rings is 1. The second-order valence-electron chi connectivity index (χ2n) is 4.79. The molecule has 3 rings (SSSR count). The molecule has 2 heterocycles. The predicted octanol–water partition coefficient (Wildman–Crippen LogP) is 3.58. The van der Waals surface area contributed by atoms with Gasteiger partial charge in [-0.2, -0.15) is 0 Å². The Hall–Kier alpha value is -0.710. The summed E-state index contributed by atoms with van der Waals surface area (Å²) in [7, 11) is 0. The summed E-state index contributed by atoms with van der Waals surface area (Å²) in [5.74, 6) is 0. The zero-order valence-electron chi connectivity index (χ0n) is 9.56. The average molecular weight is 265 g/mol. The standard InChI is InChI=1S/C13H15NOS2/c15-9-13(4-2-5-13)7-12-14-10(8-17-12)11-3-1-6-16-11/h1,3,6,8,15H,2,4-5,7,9H2. The van der Waals surface area contributed by atoms with Crippen molar-refractivity contribution in [3.63, 3.8) is 0 Å². The van der Waals surface area contributed by atoms with Gasteiger partial charge in [0, 0.05) is 18.4 Å². The highest BCUT2D eigenvalue weighted by molar-refractivity contribution is 7.14. The van der Waals surface area contributed by atoms with Crippen molar-refractivity contribution in [3.05, 3.63) is 27.9 Å². The summed E-state index contributed by atoms with van der Waals surface area (Å²) >= 11 is 3.45. The number of aromatic nitrogens is 1. The van der Waals surface area contributed by atoms with Crippen LogP contribution < -0.4 is 0 Å². The minimum atomic E-state index is 0.143. The fourth-order valence-electron chi connectivity index (χ4n) is 2.32. The van der Waals surface area contributed by atoms with Crippen molar-refractivity contribution in [2.24, 2.45) is 5.41 Å². The second-order valence-corrected chi connectivity index (χ2v) is 6.68. The first-order chi connectivity index (χ1) is 8.31. The molecule has 2 aromatic heterocycles. The van der Waals surface area contributed by atoms with Crippen LogP contribution >= 0.6 is 22.7 Å². The molecule has 0 bridgehead atoms. The summed E-state index contributed by atoms with van der Waals surface area (Å²) in [4.78, 5) is 5.92. The number of hydrogen-bond acceptors (Lipinski definition) is 4. The number of hydrogen-bond donors (Lipinski definition) is 1. The number of thiophene rings is 1. The lowest BCUT2D eigenvalue weighted by molar-refractivity contribution is 0.0450. The predicted molar refractivity (Wildman–Crippen MR) is 72.5 cm³/mol. The third kappa shape index (κ3) is 2.17. The first-order valence-electron chi connectivity index (χ1n) is 5.90. The third-order valence-corrected chi connectivity index (χ3v) is 5.34. The Bertz CT molecular complexity index is 480. The minimum absolute atomic E-state index is 0.143. The van der Waals surface area contributed by atoms with Gasteiger partial charge in [0.2, 0.25) is 0 Å². The van der Waals surface area contributed by atoms with E-state index < -0.39 is 0 Å². The van der Waals surface area contributed by atoms with Gasteiger partial charge in [-0.15, -0.1) is 22.7 Å². The Morgan fingerprint density at radius 2 is 2.24 bits per heavy atom.